The summed E-state index contributed by atoms with van der Waals surface area (Å²) in [4.78, 5) is 67.5. The fourth-order valence-corrected chi connectivity index (χ4v) is 3.59. The van der Waals surface area contributed by atoms with Crippen molar-refractivity contribution in [3.63, 3.8) is 0 Å². The first kappa shape index (κ1) is 29.3. The van der Waals surface area contributed by atoms with Gasteiger partial charge in [0.25, 0.3) is 0 Å². The Morgan fingerprint density at radius 3 is 2.11 bits per heavy atom. The molecule has 2 aromatic rings. The van der Waals surface area contributed by atoms with E-state index in [0.717, 1.165) is 5.56 Å². The van der Waals surface area contributed by atoms with Gasteiger partial charge in [0.15, 0.2) is 0 Å². The summed E-state index contributed by atoms with van der Waals surface area (Å²) in [6.07, 6.45) is 2.07. The quantitative estimate of drug-likeness (QED) is 0.129. The van der Waals surface area contributed by atoms with Crippen molar-refractivity contribution in [2.24, 2.45) is 5.73 Å². The van der Waals surface area contributed by atoms with Crippen molar-refractivity contribution >= 4 is 42.3 Å². The second kappa shape index (κ2) is 14.6. The van der Waals surface area contributed by atoms with Crippen LogP contribution in [0.2, 0.25) is 0 Å². The van der Waals surface area contributed by atoms with Crippen LogP contribution in [0.3, 0.4) is 0 Å². The predicted molar refractivity (Wildman–Crippen MR) is 135 cm³/mol. The minimum Gasteiger partial charge on any atom is -0.481 e. The van der Waals surface area contributed by atoms with Crippen LogP contribution in [0.25, 0.3) is 0 Å². The van der Waals surface area contributed by atoms with Gasteiger partial charge >= 0.3 is 11.9 Å². The van der Waals surface area contributed by atoms with Crippen molar-refractivity contribution < 1.29 is 34.2 Å². The van der Waals surface area contributed by atoms with Gasteiger partial charge < -0.3 is 36.9 Å². The van der Waals surface area contributed by atoms with Gasteiger partial charge in [0, 0.05) is 30.5 Å². The van der Waals surface area contributed by atoms with Crippen LogP contribution in [-0.2, 0) is 36.8 Å². The number of benzene rings is 1. The molecule has 0 radical (unpaired) electrons. The first-order valence-electron chi connectivity index (χ1n) is 11.3. The summed E-state index contributed by atoms with van der Waals surface area (Å²) in [7, 11) is 0. The van der Waals surface area contributed by atoms with E-state index < -0.39 is 60.2 Å². The number of hydrogen-bond acceptors (Lipinski definition) is 8. The van der Waals surface area contributed by atoms with E-state index in [2.05, 4.69) is 38.5 Å². The lowest BCUT2D eigenvalue weighted by atomic mass is 10.1. The lowest BCUT2D eigenvalue weighted by Gasteiger charge is -2.24. The zero-order chi connectivity index (χ0) is 27.4. The van der Waals surface area contributed by atoms with E-state index in [1.165, 1.54) is 12.5 Å². The second-order valence-electron chi connectivity index (χ2n) is 8.21. The van der Waals surface area contributed by atoms with Crippen molar-refractivity contribution in [1.82, 2.24) is 25.9 Å². The van der Waals surface area contributed by atoms with Crippen molar-refractivity contribution in [1.29, 1.82) is 0 Å². The molecule has 13 nitrogen and oxygen atoms in total. The lowest BCUT2D eigenvalue weighted by molar-refractivity contribution is -0.143. The molecule has 0 spiro atoms. The number of carbonyl (C=O) groups excluding carboxylic acids is 3. The van der Waals surface area contributed by atoms with Crippen LogP contribution in [0.15, 0.2) is 42.9 Å². The molecular weight excluding hydrogens is 504 g/mol. The Hall–Kier alpha value is -3.91. The Labute approximate surface area is 218 Å². The van der Waals surface area contributed by atoms with Gasteiger partial charge in [0.2, 0.25) is 17.7 Å². The van der Waals surface area contributed by atoms with Gasteiger partial charge in [-0.15, -0.1) is 0 Å². The zero-order valence-corrected chi connectivity index (χ0v) is 20.7. The molecule has 1 aromatic carbocycles. The molecular formula is C23H30N6O7S. The summed E-state index contributed by atoms with van der Waals surface area (Å²) in [5.41, 5.74) is 7.23. The number of imidazole rings is 1. The number of aromatic nitrogens is 2. The Morgan fingerprint density at radius 2 is 1.54 bits per heavy atom. The zero-order valence-electron chi connectivity index (χ0n) is 19.8. The lowest BCUT2D eigenvalue weighted by Crippen LogP contribution is -2.58. The number of nitrogens with two attached hydrogens (primary N) is 1. The first-order chi connectivity index (χ1) is 17.6. The fourth-order valence-electron chi connectivity index (χ4n) is 3.33. The number of H-pyrrole nitrogens is 1. The summed E-state index contributed by atoms with van der Waals surface area (Å²) < 4.78 is 0. The maximum Gasteiger partial charge on any atom is 0.326 e. The number of nitrogens with zero attached hydrogens (tertiary/aromatic N) is 1. The number of carbonyl (C=O) groups is 5. The number of hydrogen-bond donors (Lipinski definition) is 8. The Kier molecular flexibility index (Phi) is 11.6. The number of carboxylic acid groups (broad SMARTS) is 2. The summed E-state index contributed by atoms with van der Waals surface area (Å²) in [5, 5.41) is 25.7. The third-order valence-electron chi connectivity index (χ3n) is 5.32. The summed E-state index contributed by atoms with van der Waals surface area (Å²) >= 11 is 4.09. The normalized spacial score (nSPS) is 14.0. The number of thiol groups is 1. The van der Waals surface area contributed by atoms with E-state index in [0.29, 0.717) is 5.69 Å². The summed E-state index contributed by atoms with van der Waals surface area (Å²) in [6, 6.07) is 4.14. The van der Waals surface area contributed by atoms with Gasteiger partial charge in [-0.25, -0.2) is 9.78 Å². The molecule has 0 saturated heterocycles. The number of aromatic amines is 1. The van der Waals surface area contributed by atoms with Crippen LogP contribution >= 0.6 is 12.6 Å². The van der Waals surface area contributed by atoms with Crippen LogP contribution < -0.4 is 21.7 Å². The highest BCUT2D eigenvalue weighted by Crippen LogP contribution is 2.05. The van der Waals surface area contributed by atoms with Gasteiger partial charge in [0.1, 0.15) is 18.1 Å². The molecule has 0 bridgehead atoms. The average Bonchev–Trinajstić information content (AvgIpc) is 3.37. The number of aliphatic carboxylic acids is 2. The highest BCUT2D eigenvalue weighted by Gasteiger charge is 2.30. The van der Waals surface area contributed by atoms with Gasteiger partial charge in [-0.2, -0.15) is 12.6 Å². The van der Waals surface area contributed by atoms with E-state index in [1.54, 1.807) is 24.3 Å². The van der Waals surface area contributed by atoms with Crippen molar-refractivity contribution in [2.45, 2.75) is 49.9 Å². The van der Waals surface area contributed by atoms with Crippen LogP contribution in [0.5, 0.6) is 0 Å². The average molecular weight is 535 g/mol. The largest absolute Gasteiger partial charge is 0.481 e. The third kappa shape index (κ3) is 9.93. The van der Waals surface area contributed by atoms with Crippen molar-refractivity contribution in [2.75, 3.05) is 5.75 Å². The molecule has 1 heterocycles. The molecule has 14 heteroatoms. The van der Waals surface area contributed by atoms with E-state index in [4.69, 9.17) is 10.8 Å². The third-order valence-corrected chi connectivity index (χ3v) is 5.69. The molecule has 37 heavy (non-hydrogen) atoms. The van der Waals surface area contributed by atoms with Crippen molar-refractivity contribution in [3.05, 3.63) is 54.1 Å². The predicted octanol–water partition coefficient (Wildman–Crippen LogP) is -1.14. The van der Waals surface area contributed by atoms with E-state index in [1.807, 2.05) is 6.07 Å². The molecule has 3 amide bonds. The molecule has 2 rings (SSSR count). The minimum absolute atomic E-state index is 0.116. The van der Waals surface area contributed by atoms with Crippen LogP contribution in [0, 0.1) is 0 Å². The Balaban J connectivity index is 2.05. The molecule has 8 N–H and O–H groups in total. The van der Waals surface area contributed by atoms with Gasteiger partial charge in [-0.1, -0.05) is 30.3 Å². The maximum absolute atomic E-state index is 12.9. The van der Waals surface area contributed by atoms with Crippen molar-refractivity contribution in [3.8, 4) is 0 Å². The van der Waals surface area contributed by atoms with Crippen LogP contribution in [0.4, 0.5) is 0 Å². The van der Waals surface area contributed by atoms with E-state index in [-0.39, 0.29) is 25.0 Å². The fraction of sp³-hybridized carbons (Fsp3) is 0.391. The highest BCUT2D eigenvalue weighted by atomic mass is 32.1. The minimum atomic E-state index is -1.38. The molecule has 0 aliphatic heterocycles. The molecule has 4 atom stereocenters. The standard InChI is InChI=1S/C23H30N6O7S/c24-15(8-13-4-2-1-3-5-13)20(32)29-18(11-37)22(34)27-16(6-7-19(30)31)21(33)28-17(23(35)36)9-14-10-25-12-26-14/h1-5,10,12,15-18,37H,6-9,11,24H2,(H,25,26)(H,27,34)(H,28,33)(H,29,32)(H,30,31)(H,35,36). The smallest absolute Gasteiger partial charge is 0.326 e. The molecule has 0 fully saturated rings. The van der Waals surface area contributed by atoms with Crippen LogP contribution in [-0.4, -0.2) is 79.8 Å². The Bertz CT molecular complexity index is 1070. The van der Waals surface area contributed by atoms with Crippen LogP contribution in [0.1, 0.15) is 24.1 Å². The molecule has 200 valence electrons. The van der Waals surface area contributed by atoms with Gasteiger partial charge in [-0.3, -0.25) is 19.2 Å². The number of carboxylic acids is 2. The second-order valence-corrected chi connectivity index (χ2v) is 8.58. The molecule has 0 saturated carbocycles. The highest BCUT2D eigenvalue weighted by molar-refractivity contribution is 7.80. The SMILES string of the molecule is NC(Cc1ccccc1)C(=O)NC(CS)C(=O)NC(CCC(=O)O)C(=O)NC(Cc1cnc[nH]1)C(=O)O. The molecule has 4 unspecified atom stereocenters. The molecule has 1 aromatic heterocycles. The number of nitrogens with one attached hydrogen (secondary N) is 4. The Morgan fingerprint density at radius 1 is 0.919 bits per heavy atom. The molecule has 0 aliphatic carbocycles. The maximum atomic E-state index is 12.9. The molecule has 0 aliphatic rings. The number of rotatable bonds is 15. The summed E-state index contributed by atoms with van der Waals surface area (Å²) in [5.74, 6) is -5.01. The van der Waals surface area contributed by atoms with Gasteiger partial charge in [0.05, 0.1) is 12.4 Å². The monoisotopic (exact) mass is 534 g/mol. The first-order valence-corrected chi connectivity index (χ1v) is 12.0. The summed E-state index contributed by atoms with van der Waals surface area (Å²) in [6.45, 7) is 0. The van der Waals surface area contributed by atoms with E-state index >= 15 is 0 Å². The topological polar surface area (TPSA) is 217 Å². The van der Waals surface area contributed by atoms with E-state index in [9.17, 15) is 29.1 Å². The van der Waals surface area contributed by atoms with Gasteiger partial charge in [-0.05, 0) is 18.4 Å². The number of amides is 3.